The highest BCUT2D eigenvalue weighted by atomic mass is 16.5. The molecule has 0 aromatic heterocycles. The maximum absolute atomic E-state index is 5.67. The highest BCUT2D eigenvalue weighted by molar-refractivity contribution is 5.34. The lowest BCUT2D eigenvalue weighted by Crippen LogP contribution is -2.07. The highest BCUT2D eigenvalue weighted by Gasteiger charge is 2.18. The van der Waals surface area contributed by atoms with E-state index in [0.29, 0.717) is 6.61 Å². The second-order valence-electron chi connectivity index (χ2n) is 2.93. The lowest BCUT2D eigenvalue weighted by Gasteiger charge is -2.02. The lowest BCUT2D eigenvalue weighted by atomic mass is 10.1. The summed E-state index contributed by atoms with van der Waals surface area (Å²) in [6.45, 7) is 2.74. The van der Waals surface area contributed by atoms with Crippen LogP contribution in [-0.4, -0.2) is 0 Å². The number of ether oxygens (including phenoxy) is 1. The van der Waals surface area contributed by atoms with Gasteiger partial charge in [-0.15, -0.1) is 0 Å². The van der Waals surface area contributed by atoms with Gasteiger partial charge in [-0.2, -0.15) is 0 Å². The van der Waals surface area contributed by atoms with Crippen molar-refractivity contribution in [2.75, 3.05) is 0 Å². The zero-order valence-corrected chi connectivity index (χ0v) is 6.50. The minimum Gasteiger partial charge on any atom is -0.355 e. The van der Waals surface area contributed by atoms with Gasteiger partial charge in [-0.05, 0) is 12.5 Å². The van der Waals surface area contributed by atoms with Crippen LogP contribution in [-0.2, 0) is 11.3 Å². The first-order valence-corrected chi connectivity index (χ1v) is 3.74. The summed E-state index contributed by atoms with van der Waals surface area (Å²) in [5, 5.41) is 0. The molecule has 0 radical (unpaired) electrons. The van der Waals surface area contributed by atoms with E-state index in [2.05, 4.69) is 19.1 Å². The van der Waals surface area contributed by atoms with Gasteiger partial charge in [0.25, 0.3) is 0 Å². The van der Waals surface area contributed by atoms with Gasteiger partial charge < -0.3 is 10.5 Å². The Kier molecular flexibility index (Phi) is 1.44. The molecule has 1 aromatic carbocycles. The summed E-state index contributed by atoms with van der Waals surface area (Å²) in [5.74, 6) is 0. The molecule has 1 aliphatic rings. The van der Waals surface area contributed by atoms with E-state index in [9.17, 15) is 0 Å². The molecule has 1 heterocycles. The molecule has 58 valence electrons. The zero-order valence-electron chi connectivity index (χ0n) is 6.50. The van der Waals surface area contributed by atoms with E-state index in [-0.39, 0.29) is 6.23 Å². The first-order chi connectivity index (χ1) is 5.27. The Bertz CT molecular complexity index is 283. The van der Waals surface area contributed by atoms with Crippen LogP contribution >= 0.6 is 0 Å². The summed E-state index contributed by atoms with van der Waals surface area (Å²) in [6, 6.07) is 6.23. The molecule has 0 saturated heterocycles. The summed E-state index contributed by atoms with van der Waals surface area (Å²) in [4.78, 5) is 0. The maximum atomic E-state index is 5.67. The van der Waals surface area contributed by atoms with Crippen LogP contribution in [0.15, 0.2) is 18.2 Å². The van der Waals surface area contributed by atoms with Crippen LogP contribution in [0.25, 0.3) is 0 Å². The molecular formula is C9H11NO. The van der Waals surface area contributed by atoms with Crippen LogP contribution in [0.2, 0.25) is 0 Å². The molecule has 11 heavy (non-hydrogen) atoms. The third kappa shape index (κ3) is 1.04. The average molecular weight is 149 g/mol. The second kappa shape index (κ2) is 2.32. The maximum Gasteiger partial charge on any atom is 0.132 e. The van der Waals surface area contributed by atoms with Crippen LogP contribution in [0, 0.1) is 6.92 Å². The van der Waals surface area contributed by atoms with E-state index < -0.39 is 0 Å². The molecule has 2 N–H and O–H groups in total. The smallest absolute Gasteiger partial charge is 0.132 e. The molecule has 0 saturated carbocycles. The summed E-state index contributed by atoms with van der Waals surface area (Å²) in [5.41, 5.74) is 9.31. The largest absolute Gasteiger partial charge is 0.355 e. The van der Waals surface area contributed by atoms with Gasteiger partial charge in [0.15, 0.2) is 0 Å². The molecule has 2 heteroatoms. The van der Waals surface area contributed by atoms with Gasteiger partial charge in [0, 0.05) is 5.56 Å². The van der Waals surface area contributed by atoms with E-state index in [1.807, 2.05) is 6.07 Å². The predicted molar refractivity (Wildman–Crippen MR) is 42.9 cm³/mol. The van der Waals surface area contributed by atoms with Crippen molar-refractivity contribution < 1.29 is 4.74 Å². The molecule has 1 aromatic rings. The fourth-order valence-corrected chi connectivity index (χ4v) is 1.41. The summed E-state index contributed by atoms with van der Waals surface area (Å²) >= 11 is 0. The fourth-order valence-electron chi connectivity index (χ4n) is 1.41. The molecule has 0 spiro atoms. The SMILES string of the molecule is Cc1ccc2c(c1)COC2N. The quantitative estimate of drug-likeness (QED) is 0.606. The third-order valence-corrected chi connectivity index (χ3v) is 2.02. The monoisotopic (exact) mass is 149 g/mol. The Morgan fingerprint density at radius 3 is 3.18 bits per heavy atom. The molecule has 0 aliphatic carbocycles. The van der Waals surface area contributed by atoms with Crippen molar-refractivity contribution in [1.82, 2.24) is 0 Å². The van der Waals surface area contributed by atoms with Crippen LogP contribution in [0.4, 0.5) is 0 Å². The normalized spacial score (nSPS) is 21.8. The molecule has 1 atom stereocenters. The van der Waals surface area contributed by atoms with Crippen LogP contribution < -0.4 is 5.73 Å². The van der Waals surface area contributed by atoms with Crippen LogP contribution in [0.3, 0.4) is 0 Å². The molecule has 0 fully saturated rings. The number of hydrogen-bond donors (Lipinski definition) is 1. The van der Waals surface area contributed by atoms with E-state index in [4.69, 9.17) is 10.5 Å². The standard InChI is InChI=1S/C9H11NO/c1-6-2-3-8-7(4-6)5-11-9(8)10/h2-4,9H,5,10H2,1H3. The first-order valence-electron chi connectivity index (χ1n) is 3.74. The first kappa shape index (κ1) is 6.83. The van der Waals surface area contributed by atoms with Gasteiger partial charge in [0.2, 0.25) is 0 Å². The van der Waals surface area contributed by atoms with E-state index in [1.165, 1.54) is 11.1 Å². The average Bonchev–Trinajstić information content (AvgIpc) is 2.32. The number of aryl methyl sites for hydroxylation is 1. The topological polar surface area (TPSA) is 35.2 Å². The molecule has 2 rings (SSSR count). The Morgan fingerprint density at radius 1 is 1.55 bits per heavy atom. The number of rotatable bonds is 0. The molecular weight excluding hydrogens is 138 g/mol. The minimum atomic E-state index is -0.203. The van der Waals surface area contributed by atoms with E-state index >= 15 is 0 Å². The molecule has 1 unspecified atom stereocenters. The van der Waals surface area contributed by atoms with Crippen molar-refractivity contribution in [3.05, 3.63) is 34.9 Å². The minimum absolute atomic E-state index is 0.203. The summed E-state index contributed by atoms with van der Waals surface area (Å²) in [7, 11) is 0. The van der Waals surface area contributed by atoms with Crippen molar-refractivity contribution in [1.29, 1.82) is 0 Å². The van der Waals surface area contributed by atoms with Crippen molar-refractivity contribution in [2.24, 2.45) is 5.73 Å². The number of fused-ring (bicyclic) bond motifs is 1. The molecule has 2 nitrogen and oxygen atoms in total. The van der Waals surface area contributed by atoms with Crippen molar-refractivity contribution in [2.45, 2.75) is 19.8 Å². The Labute approximate surface area is 66.0 Å². The molecule has 1 aliphatic heterocycles. The molecule has 0 amide bonds. The highest BCUT2D eigenvalue weighted by Crippen LogP contribution is 2.26. The van der Waals surface area contributed by atoms with Crippen molar-refractivity contribution >= 4 is 0 Å². The summed E-state index contributed by atoms with van der Waals surface area (Å²) in [6.07, 6.45) is -0.203. The Balaban J connectivity index is 2.50. The zero-order chi connectivity index (χ0) is 7.84. The van der Waals surface area contributed by atoms with Gasteiger partial charge in [-0.1, -0.05) is 23.8 Å². The van der Waals surface area contributed by atoms with E-state index in [1.54, 1.807) is 0 Å². The number of nitrogens with two attached hydrogens (primary N) is 1. The van der Waals surface area contributed by atoms with Crippen molar-refractivity contribution in [3.8, 4) is 0 Å². The lowest BCUT2D eigenvalue weighted by molar-refractivity contribution is 0.0710. The number of hydrogen-bond acceptors (Lipinski definition) is 2. The van der Waals surface area contributed by atoms with Crippen LogP contribution in [0.5, 0.6) is 0 Å². The van der Waals surface area contributed by atoms with Gasteiger partial charge in [-0.3, -0.25) is 0 Å². The number of benzene rings is 1. The molecule has 0 bridgehead atoms. The second-order valence-corrected chi connectivity index (χ2v) is 2.93. The third-order valence-electron chi connectivity index (χ3n) is 2.02. The Morgan fingerprint density at radius 2 is 2.36 bits per heavy atom. The van der Waals surface area contributed by atoms with Gasteiger partial charge in [-0.25, -0.2) is 0 Å². The predicted octanol–water partition coefficient (Wildman–Crippen LogP) is 1.48. The van der Waals surface area contributed by atoms with Gasteiger partial charge in [0.05, 0.1) is 6.61 Å². The summed E-state index contributed by atoms with van der Waals surface area (Å²) < 4.78 is 5.26. The Hall–Kier alpha value is -0.860. The van der Waals surface area contributed by atoms with Gasteiger partial charge >= 0.3 is 0 Å². The van der Waals surface area contributed by atoms with Crippen LogP contribution in [0.1, 0.15) is 22.9 Å². The van der Waals surface area contributed by atoms with E-state index in [0.717, 1.165) is 5.56 Å². The van der Waals surface area contributed by atoms with Crippen molar-refractivity contribution in [3.63, 3.8) is 0 Å². The van der Waals surface area contributed by atoms with Gasteiger partial charge in [0.1, 0.15) is 6.23 Å². The fraction of sp³-hybridized carbons (Fsp3) is 0.333.